The van der Waals surface area contributed by atoms with E-state index in [2.05, 4.69) is 45.5 Å². The zero-order valence-electron chi connectivity index (χ0n) is 12.1. The minimum Gasteiger partial charge on any atom is -0.370 e. The van der Waals surface area contributed by atoms with Gasteiger partial charge in [0.1, 0.15) is 18.0 Å². The lowest BCUT2D eigenvalue weighted by atomic mass is 10.2. The topological polar surface area (TPSA) is 62.7 Å². The second kappa shape index (κ2) is 6.05. The van der Waals surface area contributed by atoms with E-state index in [1.165, 1.54) is 4.70 Å². The minimum absolute atomic E-state index is 0.844. The molecule has 0 atom stereocenters. The molecule has 0 saturated heterocycles. The van der Waals surface area contributed by atoms with E-state index in [-0.39, 0.29) is 0 Å². The van der Waals surface area contributed by atoms with Gasteiger partial charge >= 0.3 is 0 Å². The summed E-state index contributed by atoms with van der Waals surface area (Å²) in [5.41, 5.74) is 5.00. The first kappa shape index (κ1) is 13.8. The van der Waals surface area contributed by atoms with Gasteiger partial charge in [0.05, 0.1) is 15.7 Å². The summed E-state index contributed by atoms with van der Waals surface area (Å²) in [6, 6.07) is 6.14. The van der Waals surface area contributed by atoms with Gasteiger partial charge in [0.2, 0.25) is 0 Å². The Labute approximate surface area is 127 Å². The maximum atomic E-state index is 4.38. The van der Waals surface area contributed by atoms with Gasteiger partial charge in [-0.2, -0.15) is 0 Å². The molecule has 3 aromatic rings. The van der Waals surface area contributed by atoms with Crippen LogP contribution in [-0.4, -0.2) is 21.5 Å². The van der Waals surface area contributed by atoms with Crippen LogP contribution in [0.1, 0.15) is 19.4 Å². The molecule has 0 amide bonds. The Hall–Kier alpha value is -2.21. The average molecular weight is 299 g/mol. The van der Waals surface area contributed by atoms with Gasteiger partial charge in [0, 0.05) is 17.8 Å². The van der Waals surface area contributed by atoms with Crippen molar-refractivity contribution < 1.29 is 0 Å². The number of nitrogens with one attached hydrogen (secondary N) is 2. The number of fused-ring (bicyclic) bond motifs is 1. The predicted molar refractivity (Wildman–Crippen MR) is 88.5 cm³/mol. The number of thiazole rings is 1. The van der Waals surface area contributed by atoms with Crippen molar-refractivity contribution >= 4 is 38.9 Å². The van der Waals surface area contributed by atoms with Gasteiger partial charge in [-0.15, -0.1) is 11.3 Å². The normalized spacial score (nSPS) is 10.8. The van der Waals surface area contributed by atoms with E-state index in [4.69, 9.17) is 0 Å². The highest BCUT2D eigenvalue weighted by Crippen LogP contribution is 2.27. The first-order valence-corrected chi connectivity index (χ1v) is 7.87. The fourth-order valence-corrected chi connectivity index (χ4v) is 2.96. The lowest BCUT2D eigenvalue weighted by Crippen LogP contribution is -2.07. The summed E-state index contributed by atoms with van der Waals surface area (Å²) in [4.78, 5) is 13.0. The van der Waals surface area contributed by atoms with E-state index < -0.39 is 0 Å². The molecule has 1 aromatic carbocycles. The van der Waals surface area contributed by atoms with Crippen molar-refractivity contribution in [2.75, 3.05) is 17.2 Å². The average Bonchev–Trinajstić information content (AvgIpc) is 2.95. The zero-order valence-corrected chi connectivity index (χ0v) is 12.9. The Balaban J connectivity index is 1.94. The summed E-state index contributed by atoms with van der Waals surface area (Å²) in [5, 5.41) is 6.67. The monoisotopic (exact) mass is 299 g/mol. The van der Waals surface area contributed by atoms with Crippen molar-refractivity contribution in [2.24, 2.45) is 0 Å². The molecule has 5 nitrogen and oxygen atoms in total. The number of anilines is 3. The van der Waals surface area contributed by atoms with Gasteiger partial charge in [-0.1, -0.05) is 6.92 Å². The Morgan fingerprint density at radius 2 is 1.95 bits per heavy atom. The molecule has 0 aliphatic rings. The van der Waals surface area contributed by atoms with Crippen LogP contribution >= 0.6 is 11.3 Å². The molecule has 3 rings (SSSR count). The van der Waals surface area contributed by atoms with Crippen LogP contribution in [0, 0.1) is 0 Å². The Morgan fingerprint density at radius 1 is 1.10 bits per heavy atom. The number of hydrogen-bond acceptors (Lipinski definition) is 6. The second-order valence-corrected chi connectivity index (χ2v) is 5.48. The molecular weight excluding hydrogens is 282 g/mol. The van der Waals surface area contributed by atoms with Crippen molar-refractivity contribution in [1.82, 2.24) is 15.0 Å². The van der Waals surface area contributed by atoms with Crippen molar-refractivity contribution in [3.8, 4) is 0 Å². The van der Waals surface area contributed by atoms with Gasteiger partial charge in [0.15, 0.2) is 0 Å². The Kier molecular flexibility index (Phi) is 3.96. The fraction of sp³-hybridized carbons (Fsp3) is 0.267. The highest BCUT2D eigenvalue weighted by Gasteiger charge is 2.09. The summed E-state index contributed by atoms with van der Waals surface area (Å²) in [6.45, 7) is 5.01. The molecular formula is C15H17N5S. The summed E-state index contributed by atoms with van der Waals surface area (Å²) < 4.78 is 1.17. The van der Waals surface area contributed by atoms with Gasteiger partial charge in [0.25, 0.3) is 0 Å². The first-order valence-electron chi connectivity index (χ1n) is 6.99. The van der Waals surface area contributed by atoms with E-state index in [0.29, 0.717) is 0 Å². The van der Waals surface area contributed by atoms with Crippen molar-refractivity contribution in [1.29, 1.82) is 0 Å². The number of nitrogens with zero attached hydrogens (tertiary/aromatic N) is 3. The van der Waals surface area contributed by atoms with Crippen LogP contribution in [0.5, 0.6) is 0 Å². The zero-order chi connectivity index (χ0) is 14.7. The predicted octanol–water partition coefficient (Wildman–Crippen LogP) is 3.82. The largest absolute Gasteiger partial charge is 0.370 e. The van der Waals surface area contributed by atoms with Crippen LogP contribution in [-0.2, 0) is 6.42 Å². The van der Waals surface area contributed by atoms with Gasteiger partial charge in [-0.05, 0) is 31.5 Å². The van der Waals surface area contributed by atoms with E-state index in [1.807, 2.05) is 17.6 Å². The van der Waals surface area contributed by atoms with E-state index in [9.17, 15) is 0 Å². The molecule has 2 heterocycles. The third-order valence-corrected chi connectivity index (χ3v) is 4.03. The van der Waals surface area contributed by atoms with Crippen LogP contribution < -0.4 is 10.6 Å². The molecule has 0 fully saturated rings. The molecule has 2 aromatic heterocycles. The standard InChI is InChI=1S/C15H17N5S/c1-3-11-14(16-4-2)17-8-18-15(11)20-10-5-6-12-13(7-10)21-9-19-12/h5-9H,3-4H2,1-2H3,(H2,16,17,18,20). The SMILES string of the molecule is CCNc1ncnc(Nc2ccc3ncsc3c2)c1CC. The first-order chi connectivity index (χ1) is 10.3. The summed E-state index contributed by atoms with van der Waals surface area (Å²) >= 11 is 1.64. The van der Waals surface area contributed by atoms with Gasteiger partial charge < -0.3 is 10.6 Å². The summed E-state index contributed by atoms with van der Waals surface area (Å²) in [5.74, 6) is 1.75. The Bertz CT molecular complexity index is 753. The molecule has 0 spiro atoms. The second-order valence-electron chi connectivity index (χ2n) is 4.59. The lowest BCUT2D eigenvalue weighted by molar-refractivity contribution is 1.03. The van der Waals surface area contributed by atoms with Gasteiger partial charge in [-0.25, -0.2) is 15.0 Å². The lowest BCUT2D eigenvalue weighted by Gasteiger charge is -2.13. The van der Waals surface area contributed by atoms with Crippen LogP contribution in [0.25, 0.3) is 10.2 Å². The summed E-state index contributed by atoms with van der Waals surface area (Å²) in [7, 11) is 0. The molecule has 21 heavy (non-hydrogen) atoms. The molecule has 0 saturated carbocycles. The third kappa shape index (κ3) is 2.80. The quantitative estimate of drug-likeness (QED) is 0.750. The maximum Gasteiger partial charge on any atom is 0.139 e. The molecule has 0 unspecified atom stereocenters. The molecule has 2 N–H and O–H groups in total. The summed E-state index contributed by atoms with van der Waals surface area (Å²) in [6.07, 6.45) is 2.46. The van der Waals surface area contributed by atoms with Crippen molar-refractivity contribution in [2.45, 2.75) is 20.3 Å². The van der Waals surface area contributed by atoms with Crippen LogP contribution in [0.4, 0.5) is 17.3 Å². The van der Waals surface area contributed by atoms with Gasteiger partial charge in [-0.3, -0.25) is 0 Å². The molecule has 0 aliphatic heterocycles. The Morgan fingerprint density at radius 3 is 2.76 bits per heavy atom. The molecule has 0 radical (unpaired) electrons. The van der Waals surface area contributed by atoms with Crippen molar-refractivity contribution in [3.05, 3.63) is 35.6 Å². The number of rotatable bonds is 5. The number of benzene rings is 1. The molecule has 6 heteroatoms. The van der Waals surface area contributed by atoms with E-state index >= 15 is 0 Å². The smallest absolute Gasteiger partial charge is 0.139 e. The molecule has 0 aliphatic carbocycles. The highest BCUT2D eigenvalue weighted by atomic mass is 32.1. The minimum atomic E-state index is 0.844. The van der Waals surface area contributed by atoms with E-state index in [0.717, 1.165) is 41.4 Å². The van der Waals surface area contributed by atoms with E-state index in [1.54, 1.807) is 17.7 Å². The van der Waals surface area contributed by atoms with Crippen LogP contribution in [0.15, 0.2) is 30.0 Å². The number of aromatic nitrogens is 3. The highest BCUT2D eigenvalue weighted by molar-refractivity contribution is 7.16. The number of hydrogen-bond donors (Lipinski definition) is 2. The van der Waals surface area contributed by atoms with Crippen LogP contribution in [0.2, 0.25) is 0 Å². The molecule has 108 valence electrons. The van der Waals surface area contributed by atoms with Crippen LogP contribution in [0.3, 0.4) is 0 Å². The maximum absolute atomic E-state index is 4.38. The molecule has 0 bridgehead atoms. The van der Waals surface area contributed by atoms with Crippen molar-refractivity contribution in [3.63, 3.8) is 0 Å². The third-order valence-electron chi connectivity index (χ3n) is 3.24. The fourth-order valence-electron chi connectivity index (χ4n) is 2.24.